The zero-order valence-corrected chi connectivity index (χ0v) is 21.8. The topological polar surface area (TPSA) is 83.5 Å². The molecular formula is C25H31ClN4O4S. The highest BCUT2D eigenvalue weighted by Crippen LogP contribution is 2.45. The van der Waals surface area contributed by atoms with Crippen LogP contribution in [-0.4, -0.2) is 72.3 Å². The van der Waals surface area contributed by atoms with Crippen molar-refractivity contribution in [3.05, 3.63) is 57.2 Å². The van der Waals surface area contributed by atoms with Gasteiger partial charge in [0, 0.05) is 36.9 Å². The number of fused-ring (bicyclic) bond motifs is 1. The Balaban J connectivity index is 1.53. The van der Waals surface area contributed by atoms with E-state index in [4.69, 9.17) is 21.1 Å². The van der Waals surface area contributed by atoms with Gasteiger partial charge in [0.1, 0.15) is 0 Å². The first kappa shape index (κ1) is 25.8. The second kappa shape index (κ2) is 11.6. The summed E-state index contributed by atoms with van der Waals surface area (Å²) in [6, 6.07) is 6.93. The fourth-order valence-electron chi connectivity index (χ4n) is 4.31. The first-order chi connectivity index (χ1) is 16.8. The highest BCUT2D eigenvalue weighted by atomic mass is 35.5. The molecule has 0 aromatic heterocycles. The van der Waals surface area contributed by atoms with E-state index < -0.39 is 12.0 Å². The van der Waals surface area contributed by atoms with Gasteiger partial charge in [-0.2, -0.15) is 0 Å². The molecule has 1 unspecified atom stereocenters. The molecule has 8 nitrogen and oxygen atoms in total. The molecule has 1 N–H and O–H groups in total. The fraction of sp³-hybridized carbons (Fsp3) is 0.480. The summed E-state index contributed by atoms with van der Waals surface area (Å²) in [5, 5.41) is 6.25. The van der Waals surface area contributed by atoms with Crippen LogP contribution in [0.4, 0.5) is 0 Å². The van der Waals surface area contributed by atoms with Gasteiger partial charge >= 0.3 is 5.97 Å². The lowest BCUT2D eigenvalue weighted by atomic mass is 9.94. The summed E-state index contributed by atoms with van der Waals surface area (Å²) in [6.07, 6.45) is -0.0917. The summed E-state index contributed by atoms with van der Waals surface area (Å²) in [6.45, 7) is 10.0. The molecule has 35 heavy (non-hydrogen) atoms. The molecule has 1 saturated heterocycles. The monoisotopic (exact) mass is 518 g/mol. The van der Waals surface area contributed by atoms with E-state index >= 15 is 0 Å². The highest BCUT2D eigenvalue weighted by molar-refractivity contribution is 8.16. The summed E-state index contributed by atoms with van der Waals surface area (Å²) in [5.74, 6) is -0.495. The molecule has 188 valence electrons. The van der Waals surface area contributed by atoms with Gasteiger partial charge in [0.2, 0.25) is 5.91 Å². The molecule has 0 aliphatic carbocycles. The number of carbonyl (C=O) groups excluding carboxylic acids is 2. The van der Waals surface area contributed by atoms with Gasteiger partial charge in [-0.05, 0) is 43.9 Å². The van der Waals surface area contributed by atoms with E-state index in [0.29, 0.717) is 22.8 Å². The smallest absolute Gasteiger partial charge is 0.338 e. The molecule has 0 saturated carbocycles. The van der Waals surface area contributed by atoms with Crippen molar-refractivity contribution in [2.24, 2.45) is 4.99 Å². The molecule has 1 aromatic carbocycles. The second-order valence-electron chi connectivity index (χ2n) is 8.88. The van der Waals surface area contributed by atoms with Crippen LogP contribution < -0.4 is 5.32 Å². The Labute approximate surface area is 215 Å². The zero-order chi connectivity index (χ0) is 24.9. The first-order valence-corrected chi connectivity index (χ1v) is 13.1. The fourth-order valence-corrected chi connectivity index (χ4v) is 5.47. The van der Waals surface area contributed by atoms with E-state index in [-0.39, 0.29) is 18.4 Å². The number of thioether (sulfide) groups is 1. The number of hydrogen-bond acceptors (Lipinski definition) is 8. The third-order valence-electron chi connectivity index (χ3n) is 5.92. The first-order valence-electron chi connectivity index (χ1n) is 11.8. The van der Waals surface area contributed by atoms with Gasteiger partial charge in [-0.1, -0.05) is 35.5 Å². The molecule has 0 bridgehead atoms. The van der Waals surface area contributed by atoms with E-state index in [1.807, 2.05) is 49.3 Å². The Hall–Kier alpha value is -2.33. The van der Waals surface area contributed by atoms with Crippen LogP contribution in [0.3, 0.4) is 0 Å². The van der Waals surface area contributed by atoms with Crippen molar-refractivity contribution < 1.29 is 19.1 Å². The number of rotatable bonds is 8. The zero-order valence-electron chi connectivity index (χ0n) is 20.3. The molecule has 3 heterocycles. The summed E-state index contributed by atoms with van der Waals surface area (Å²) < 4.78 is 10.9. The molecule has 1 amide bonds. The van der Waals surface area contributed by atoms with Crippen molar-refractivity contribution in [1.29, 1.82) is 0 Å². The molecule has 1 fully saturated rings. The minimum absolute atomic E-state index is 0.0752. The maximum Gasteiger partial charge on any atom is 0.338 e. The van der Waals surface area contributed by atoms with Crippen LogP contribution in [0.25, 0.3) is 0 Å². The van der Waals surface area contributed by atoms with Crippen LogP contribution in [0, 0.1) is 0 Å². The van der Waals surface area contributed by atoms with E-state index in [0.717, 1.165) is 49.3 Å². The van der Waals surface area contributed by atoms with Crippen molar-refractivity contribution >= 4 is 40.4 Å². The summed E-state index contributed by atoms with van der Waals surface area (Å²) in [7, 11) is 0. The van der Waals surface area contributed by atoms with Crippen LogP contribution in [-0.2, 0) is 19.1 Å². The third kappa shape index (κ3) is 6.27. The Bertz CT molecular complexity index is 1070. The number of morpholine rings is 1. The molecule has 3 aliphatic rings. The normalized spacial score (nSPS) is 20.5. The molecule has 0 radical (unpaired) electrons. The van der Waals surface area contributed by atoms with Crippen molar-refractivity contribution in [3.63, 3.8) is 0 Å². The van der Waals surface area contributed by atoms with Gasteiger partial charge in [-0.15, -0.1) is 0 Å². The number of amidine groups is 1. The maximum atomic E-state index is 13.2. The van der Waals surface area contributed by atoms with E-state index in [1.165, 1.54) is 11.8 Å². The number of allylic oxidation sites excluding steroid dienone is 1. The Morgan fingerprint density at radius 2 is 2.09 bits per heavy atom. The van der Waals surface area contributed by atoms with E-state index in [9.17, 15) is 9.59 Å². The van der Waals surface area contributed by atoms with Gasteiger partial charge in [-0.25, -0.2) is 9.79 Å². The van der Waals surface area contributed by atoms with Crippen LogP contribution in [0.15, 0.2) is 51.6 Å². The van der Waals surface area contributed by atoms with Gasteiger partial charge in [0.15, 0.2) is 5.17 Å². The molecule has 1 atom stereocenters. The Morgan fingerprint density at radius 3 is 2.80 bits per heavy atom. The number of ether oxygens (including phenoxy) is 2. The van der Waals surface area contributed by atoms with Gasteiger partial charge in [0.25, 0.3) is 0 Å². The number of esters is 1. The standard InChI is InChI=1S/C25H31ClN4O4S/c1-16(2)34-24(32)22-17(3)28-25-30(23(22)18-5-4-6-19(26)13-18)20(15-35-25)14-21(31)27-7-8-29-9-11-33-12-10-29/h4-6,13,15-16,23H,7-12,14H2,1-3H3,(H,27,31). The van der Waals surface area contributed by atoms with Gasteiger partial charge in [-0.3, -0.25) is 9.69 Å². The van der Waals surface area contributed by atoms with Crippen LogP contribution in [0.1, 0.15) is 38.8 Å². The molecule has 3 aliphatic heterocycles. The lowest BCUT2D eigenvalue weighted by Gasteiger charge is -2.36. The number of benzene rings is 1. The van der Waals surface area contributed by atoms with Crippen molar-refractivity contribution in [1.82, 2.24) is 15.1 Å². The maximum absolute atomic E-state index is 13.2. The van der Waals surface area contributed by atoms with Crippen molar-refractivity contribution in [2.75, 3.05) is 39.4 Å². The molecular weight excluding hydrogens is 488 g/mol. The van der Waals surface area contributed by atoms with E-state index in [1.54, 1.807) is 6.07 Å². The second-order valence-corrected chi connectivity index (χ2v) is 10.2. The van der Waals surface area contributed by atoms with Gasteiger partial charge in [0.05, 0.1) is 43.1 Å². The minimum atomic E-state index is -0.491. The minimum Gasteiger partial charge on any atom is -0.459 e. The number of hydrogen-bond donors (Lipinski definition) is 1. The van der Waals surface area contributed by atoms with E-state index in [2.05, 4.69) is 15.2 Å². The SMILES string of the molecule is CC1=C(C(=O)OC(C)C)C(c2cccc(Cl)c2)N2C(CC(=O)NCCN3CCOCC3)=CSC2=N1. The molecule has 4 rings (SSSR count). The summed E-state index contributed by atoms with van der Waals surface area (Å²) in [5.41, 5.74) is 2.67. The summed E-state index contributed by atoms with van der Waals surface area (Å²) in [4.78, 5) is 34.9. The van der Waals surface area contributed by atoms with Crippen molar-refractivity contribution in [3.8, 4) is 0 Å². The number of amides is 1. The lowest BCUT2D eigenvalue weighted by molar-refractivity contribution is -0.143. The average molecular weight is 519 g/mol. The van der Waals surface area contributed by atoms with Gasteiger partial charge < -0.3 is 19.7 Å². The molecule has 1 aromatic rings. The number of halogens is 1. The number of aliphatic imine (C=N–C) groups is 1. The summed E-state index contributed by atoms with van der Waals surface area (Å²) >= 11 is 7.77. The third-order valence-corrected chi connectivity index (χ3v) is 7.05. The number of carbonyl (C=O) groups is 2. The number of nitrogens with zero attached hydrogens (tertiary/aromatic N) is 3. The van der Waals surface area contributed by atoms with Crippen molar-refractivity contribution in [2.45, 2.75) is 39.3 Å². The highest BCUT2D eigenvalue weighted by Gasteiger charge is 2.41. The average Bonchev–Trinajstić information content (AvgIpc) is 3.20. The van der Waals surface area contributed by atoms with Crippen LogP contribution >= 0.6 is 23.4 Å². The quantitative estimate of drug-likeness (QED) is 0.525. The van der Waals surface area contributed by atoms with Crippen LogP contribution in [0.2, 0.25) is 5.02 Å². The predicted molar refractivity (Wildman–Crippen MR) is 138 cm³/mol. The molecule has 10 heteroatoms. The largest absolute Gasteiger partial charge is 0.459 e. The predicted octanol–water partition coefficient (Wildman–Crippen LogP) is 3.71. The Kier molecular flexibility index (Phi) is 8.54. The molecule has 0 spiro atoms. The lowest BCUT2D eigenvalue weighted by Crippen LogP contribution is -2.42. The van der Waals surface area contributed by atoms with Crippen LogP contribution in [0.5, 0.6) is 0 Å². The number of nitrogens with one attached hydrogen (secondary N) is 1. The Morgan fingerprint density at radius 1 is 1.31 bits per heavy atom.